The van der Waals surface area contributed by atoms with Gasteiger partial charge in [-0.3, -0.25) is 4.79 Å². The first-order valence-electron chi connectivity index (χ1n) is 7.13. The third-order valence-electron chi connectivity index (χ3n) is 3.18. The van der Waals surface area contributed by atoms with Crippen LogP contribution in [0.25, 0.3) is 0 Å². The van der Waals surface area contributed by atoms with Crippen LogP contribution in [-0.2, 0) is 19.6 Å². The lowest BCUT2D eigenvalue weighted by atomic mass is 10.1. The Labute approximate surface area is 140 Å². The van der Waals surface area contributed by atoms with Crippen molar-refractivity contribution in [1.29, 1.82) is 0 Å². The molecule has 1 rings (SSSR count). The van der Waals surface area contributed by atoms with Crippen molar-refractivity contribution in [3.8, 4) is 5.75 Å². The van der Waals surface area contributed by atoms with E-state index in [-0.39, 0.29) is 28.5 Å². The first-order chi connectivity index (χ1) is 11.1. The van der Waals surface area contributed by atoms with Gasteiger partial charge in [0.15, 0.2) is 0 Å². The highest BCUT2D eigenvalue weighted by atomic mass is 32.2. The average molecular weight is 359 g/mol. The summed E-state index contributed by atoms with van der Waals surface area (Å²) in [5.74, 6) is -2.01. The SMILES string of the molecule is COC(=O)c1ccc(S(=O)(=O)N[C@@H](CC(C)C)C(=O)O)c(OC)c1. The van der Waals surface area contributed by atoms with Gasteiger partial charge in [-0.25, -0.2) is 13.2 Å². The Bertz CT molecular complexity index is 713. The molecule has 0 heterocycles. The minimum absolute atomic E-state index is 0.0163. The number of aliphatic carboxylic acids is 1. The number of carbonyl (C=O) groups is 2. The molecule has 2 N–H and O–H groups in total. The number of sulfonamides is 1. The van der Waals surface area contributed by atoms with E-state index in [0.29, 0.717) is 0 Å². The fourth-order valence-corrected chi connectivity index (χ4v) is 3.41. The summed E-state index contributed by atoms with van der Waals surface area (Å²) < 4.78 is 36.7. The van der Waals surface area contributed by atoms with Crippen LogP contribution in [0.2, 0.25) is 0 Å². The van der Waals surface area contributed by atoms with Gasteiger partial charge in [0.25, 0.3) is 0 Å². The van der Waals surface area contributed by atoms with Crippen molar-refractivity contribution in [1.82, 2.24) is 4.72 Å². The highest BCUT2D eigenvalue weighted by molar-refractivity contribution is 7.89. The lowest BCUT2D eigenvalue weighted by Gasteiger charge is -2.18. The summed E-state index contributed by atoms with van der Waals surface area (Å²) in [6.45, 7) is 3.58. The molecule has 8 nitrogen and oxygen atoms in total. The molecule has 9 heteroatoms. The summed E-state index contributed by atoms with van der Waals surface area (Å²) in [7, 11) is -1.70. The van der Waals surface area contributed by atoms with E-state index < -0.39 is 28.0 Å². The number of esters is 1. The van der Waals surface area contributed by atoms with E-state index in [1.165, 1.54) is 32.4 Å². The molecule has 0 aromatic heterocycles. The molecule has 1 atom stereocenters. The number of rotatable bonds is 8. The van der Waals surface area contributed by atoms with E-state index in [2.05, 4.69) is 9.46 Å². The molecular formula is C15H21NO7S. The predicted molar refractivity (Wildman–Crippen MR) is 85.5 cm³/mol. The Kier molecular flexibility index (Phi) is 6.73. The molecule has 0 unspecified atom stereocenters. The smallest absolute Gasteiger partial charge is 0.337 e. The summed E-state index contributed by atoms with van der Waals surface area (Å²) in [4.78, 5) is 22.5. The first kappa shape index (κ1) is 19.9. The summed E-state index contributed by atoms with van der Waals surface area (Å²) in [6.07, 6.45) is 0.136. The number of benzene rings is 1. The lowest BCUT2D eigenvalue weighted by molar-refractivity contribution is -0.139. The van der Waals surface area contributed by atoms with Crippen LogP contribution in [0.3, 0.4) is 0 Å². The third-order valence-corrected chi connectivity index (χ3v) is 4.69. The highest BCUT2D eigenvalue weighted by Gasteiger charge is 2.28. The minimum Gasteiger partial charge on any atom is -0.495 e. The van der Waals surface area contributed by atoms with Crippen molar-refractivity contribution >= 4 is 22.0 Å². The fraction of sp³-hybridized carbons (Fsp3) is 0.467. The van der Waals surface area contributed by atoms with Gasteiger partial charge in [0.1, 0.15) is 16.7 Å². The highest BCUT2D eigenvalue weighted by Crippen LogP contribution is 2.26. The Balaban J connectivity index is 3.22. The van der Waals surface area contributed by atoms with Gasteiger partial charge in [-0.05, 0) is 30.5 Å². The Hall–Kier alpha value is -2.13. The number of carbonyl (C=O) groups excluding carboxylic acids is 1. The average Bonchev–Trinajstić information content (AvgIpc) is 2.51. The maximum atomic E-state index is 12.5. The summed E-state index contributed by atoms with van der Waals surface area (Å²) in [5, 5.41) is 9.19. The molecule has 0 spiro atoms. The molecule has 0 fully saturated rings. The second kappa shape index (κ2) is 8.11. The second-order valence-electron chi connectivity index (χ2n) is 5.50. The van der Waals surface area contributed by atoms with Crippen LogP contribution < -0.4 is 9.46 Å². The second-order valence-corrected chi connectivity index (χ2v) is 7.18. The maximum absolute atomic E-state index is 12.5. The molecule has 0 amide bonds. The van der Waals surface area contributed by atoms with Crippen molar-refractivity contribution in [2.24, 2.45) is 5.92 Å². The standard InChI is InChI=1S/C15H21NO7S/c1-9(2)7-11(14(17)18)16-24(20,21)13-6-5-10(15(19)23-4)8-12(13)22-3/h5-6,8-9,11,16H,7H2,1-4H3,(H,17,18)/t11-/m0/s1. The number of hydrogen-bond acceptors (Lipinski definition) is 6. The predicted octanol–water partition coefficient (Wildman–Crippen LogP) is 1.26. The molecule has 0 aliphatic heterocycles. The van der Waals surface area contributed by atoms with Crippen molar-refractivity contribution in [3.05, 3.63) is 23.8 Å². The van der Waals surface area contributed by atoms with Crippen LogP contribution in [0.1, 0.15) is 30.6 Å². The normalized spacial score (nSPS) is 12.7. The van der Waals surface area contributed by atoms with Gasteiger partial charge in [-0.15, -0.1) is 0 Å². The van der Waals surface area contributed by atoms with Gasteiger partial charge >= 0.3 is 11.9 Å². The Morgan fingerprint density at radius 1 is 1.25 bits per heavy atom. The molecular weight excluding hydrogens is 338 g/mol. The third kappa shape index (κ3) is 4.93. The number of nitrogens with one attached hydrogen (secondary N) is 1. The largest absolute Gasteiger partial charge is 0.495 e. The van der Waals surface area contributed by atoms with Crippen LogP contribution in [0, 0.1) is 5.92 Å². The van der Waals surface area contributed by atoms with Crippen molar-refractivity contribution < 1.29 is 32.6 Å². The zero-order valence-electron chi connectivity index (χ0n) is 13.9. The molecule has 1 aromatic rings. The van der Waals surface area contributed by atoms with Crippen LogP contribution in [-0.4, -0.2) is 45.7 Å². The summed E-state index contributed by atoms with van der Waals surface area (Å²) in [5.41, 5.74) is 0.116. The number of hydrogen-bond donors (Lipinski definition) is 2. The van der Waals surface area contributed by atoms with Gasteiger partial charge in [0.05, 0.1) is 19.8 Å². The van der Waals surface area contributed by atoms with E-state index in [9.17, 15) is 23.1 Å². The van der Waals surface area contributed by atoms with E-state index in [1.807, 2.05) is 0 Å². The van der Waals surface area contributed by atoms with E-state index in [0.717, 1.165) is 0 Å². The molecule has 0 aliphatic carbocycles. The minimum atomic E-state index is -4.15. The Morgan fingerprint density at radius 2 is 1.88 bits per heavy atom. The van der Waals surface area contributed by atoms with Crippen LogP contribution >= 0.6 is 0 Å². The number of ether oxygens (including phenoxy) is 2. The fourth-order valence-electron chi connectivity index (χ4n) is 2.06. The zero-order chi connectivity index (χ0) is 18.5. The molecule has 1 aromatic carbocycles. The molecule has 0 bridgehead atoms. The number of carboxylic acids is 1. The lowest BCUT2D eigenvalue weighted by Crippen LogP contribution is -2.41. The number of methoxy groups -OCH3 is 2. The molecule has 134 valence electrons. The van der Waals surface area contributed by atoms with Gasteiger partial charge in [-0.1, -0.05) is 13.8 Å². The molecule has 0 saturated carbocycles. The topological polar surface area (TPSA) is 119 Å². The van der Waals surface area contributed by atoms with E-state index in [4.69, 9.17) is 4.74 Å². The van der Waals surface area contributed by atoms with Crippen molar-refractivity contribution in [2.75, 3.05) is 14.2 Å². The van der Waals surface area contributed by atoms with Gasteiger partial charge in [-0.2, -0.15) is 4.72 Å². The van der Waals surface area contributed by atoms with E-state index in [1.54, 1.807) is 13.8 Å². The summed E-state index contributed by atoms with van der Waals surface area (Å²) in [6, 6.07) is 2.39. The van der Waals surface area contributed by atoms with Crippen LogP contribution in [0.4, 0.5) is 0 Å². The molecule has 24 heavy (non-hydrogen) atoms. The Morgan fingerprint density at radius 3 is 2.33 bits per heavy atom. The van der Waals surface area contributed by atoms with Gasteiger partial charge in [0, 0.05) is 0 Å². The zero-order valence-corrected chi connectivity index (χ0v) is 14.7. The maximum Gasteiger partial charge on any atom is 0.337 e. The van der Waals surface area contributed by atoms with Gasteiger partial charge in [0.2, 0.25) is 10.0 Å². The molecule has 0 radical (unpaired) electrons. The van der Waals surface area contributed by atoms with E-state index >= 15 is 0 Å². The quantitative estimate of drug-likeness (QED) is 0.671. The monoisotopic (exact) mass is 359 g/mol. The number of carboxylic acid groups (broad SMARTS) is 1. The summed E-state index contributed by atoms with van der Waals surface area (Å²) >= 11 is 0. The molecule has 0 aliphatic rings. The van der Waals surface area contributed by atoms with Crippen LogP contribution in [0.15, 0.2) is 23.1 Å². The van der Waals surface area contributed by atoms with Crippen molar-refractivity contribution in [3.63, 3.8) is 0 Å². The molecule has 0 saturated heterocycles. The van der Waals surface area contributed by atoms with Crippen molar-refractivity contribution in [2.45, 2.75) is 31.2 Å². The van der Waals surface area contributed by atoms with Gasteiger partial charge < -0.3 is 14.6 Å². The first-order valence-corrected chi connectivity index (χ1v) is 8.62. The van der Waals surface area contributed by atoms with Crippen LogP contribution in [0.5, 0.6) is 5.75 Å².